The molecule has 0 aromatic heterocycles. The summed E-state index contributed by atoms with van der Waals surface area (Å²) in [5.41, 5.74) is 0. The molecule has 1 aliphatic rings. The van der Waals surface area contributed by atoms with Gasteiger partial charge in [-0.1, -0.05) is 13.8 Å². The van der Waals surface area contributed by atoms with Crippen molar-refractivity contribution in [3.63, 3.8) is 0 Å². The maximum Gasteiger partial charge on any atom is 0.224 e. The number of amides is 1. The third kappa shape index (κ3) is 4.49. The molecule has 0 aromatic carbocycles. The quantitative estimate of drug-likeness (QED) is 0.621. The highest BCUT2D eigenvalue weighted by Gasteiger charge is 2.21. The lowest BCUT2D eigenvalue weighted by atomic mass is 10.1. The zero-order valence-corrected chi connectivity index (χ0v) is 10.6. The summed E-state index contributed by atoms with van der Waals surface area (Å²) in [6.07, 6.45) is 2.04. The standard InChI is InChI=1S/C12H25N3O/c1-3-15(4-2)9-5-7-14-12(16)11-6-8-13-10-11/h11,13H,3-10H2,1-2H3,(H,14,16). The number of carbonyl (C=O) groups excluding carboxylic acids is 1. The smallest absolute Gasteiger partial charge is 0.224 e. The van der Waals surface area contributed by atoms with E-state index in [4.69, 9.17) is 0 Å². The third-order valence-corrected chi connectivity index (χ3v) is 3.28. The average Bonchev–Trinajstić information content (AvgIpc) is 2.82. The van der Waals surface area contributed by atoms with Gasteiger partial charge < -0.3 is 15.5 Å². The highest BCUT2D eigenvalue weighted by molar-refractivity contribution is 5.79. The Balaban J connectivity index is 2.03. The van der Waals surface area contributed by atoms with Crippen molar-refractivity contribution in [2.45, 2.75) is 26.7 Å². The maximum atomic E-state index is 11.7. The van der Waals surface area contributed by atoms with Crippen molar-refractivity contribution >= 4 is 5.91 Å². The molecule has 4 nitrogen and oxygen atoms in total. The first-order valence-electron chi connectivity index (χ1n) is 6.48. The van der Waals surface area contributed by atoms with E-state index in [-0.39, 0.29) is 11.8 Å². The van der Waals surface area contributed by atoms with Gasteiger partial charge in [-0.05, 0) is 39.0 Å². The fourth-order valence-corrected chi connectivity index (χ4v) is 2.08. The lowest BCUT2D eigenvalue weighted by molar-refractivity contribution is -0.124. The minimum atomic E-state index is 0.202. The molecular formula is C12H25N3O. The number of carbonyl (C=O) groups is 1. The van der Waals surface area contributed by atoms with Gasteiger partial charge >= 0.3 is 0 Å². The van der Waals surface area contributed by atoms with Gasteiger partial charge in [0.15, 0.2) is 0 Å². The first kappa shape index (κ1) is 13.5. The molecule has 16 heavy (non-hydrogen) atoms. The van der Waals surface area contributed by atoms with Gasteiger partial charge in [0.1, 0.15) is 0 Å². The molecular weight excluding hydrogens is 202 g/mol. The molecule has 0 radical (unpaired) electrons. The summed E-state index contributed by atoms with van der Waals surface area (Å²) in [5.74, 6) is 0.429. The van der Waals surface area contributed by atoms with Crippen LogP contribution in [-0.2, 0) is 4.79 Å². The van der Waals surface area contributed by atoms with Crippen LogP contribution in [0.15, 0.2) is 0 Å². The van der Waals surface area contributed by atoms with Crippen molar-refractivity contribution in [1.82, 2.24) is 15.5 Å². The van der Waals surface area contributed by atoms with E-state index in [1.807, 2.05) is 0 Å². The molecule has 4 heteroatoms. The Morgan fingerprint density at radius 3 is 2.75 bits per heavy atom. The van der Waals surface area contributed by atoms with E-state index in [0.717, 1.165) is 52.1 Å². The molecule has 1 saturated heterocycles. The Morgan fingerprint density at radius 1 is 1.44 bits per heavy atom. The topological polar surface area (TPSA) is 44.4 Å². The molecule has 1 aliphatic heterocycles. The minimum absolute atomic E-state index is 0.202. The summed E-state index contributed by atoms with van der Waals surface area (Å²) in [4.78, 5) is 14.0. The van der Waals surface area contributed by atoms with Crippen LogP contribution in [0.2, 0.25) is 0 Å². The van der Waals surface area contributed by atoms with E-state index in [9.17, 15) is 4.79 Å². The molecule has 94 valence electrons. The summed E-state index contributed by atoms with van der Waals surface area (Å²) in [6, 6.07) is 0. The van der Waals surface area contributed by atoms with E-state index in [2.05, 4.69) is 29.4 Å². The molecule has 1 heterocycles. The van der Waals surface area contributed by atoms with Crippen LogP contribution in [-0.4, -0.2) is 50.1 Å². The fourth-order valence-electron chi connectivity index (χ4n) is 2.08. The number of nitrogens with one attached hydrogen (secondary N) is 2. The van der Waals surface area contributed by atoms with Gasteiger partial charge in [0.25, 0.3) is 0 Å². The van der Waals surface area contributed by atoms with Gasteiger partial charge in [0, 0.05) is 13.1 Å². The normalized spacial score (nSPS) is 20.3. The van der Waals surface area contributed by atoms with Gasteiger partial charge in [-0.25, -0.2) is 0 Å². The molecule has 0 aliphatic carbocycles. The van der Waals surface area contributed by atoms with Crippen LogP contribution >= 0.6 is 0 Å². The molecule has 0 spiro atoms. The summed E-state index contributed by atoms with van der Waals surface area (Å²) in [6.45, 7) is 10.3. The number of hydrogen-bond acceptors (Lipinski definition) is 3. The molecule has 0 saturated carbocycles. The van der Waals surface area contributed by atoms with E-state index in [1.54, 1.807) is 0 Å². The minimum Gasteiger partial charge on any atom is -0.356 e. The van der Waals surface area contributed by atoms with Crippen molar-refractivity contribution in [3.05, 3.63) is 0 Å². The first-order chi connectivity index (χ1) is 7.77. The van der Waals surface area contributed by atoms with E-state index < -0.39 is 0 Å². The summed E-state index contributed by atoms with van der Waals surface area (Å²) in [5, 5.41) is 6.23. The second-order valence-corrected chi connectivity index (χ2v) is 4.36. The van der Waals surface area contributed by atoms with Crippen LogP contribution < -0.4 is 10.6 Å². The van der Waals surface area contributed by atoms with Crippen LogP contribution in [0.1, 0.15) is 26.7 Å². The van der Waals surface area contributed by atoms with E-state index >= 15 is 0 Å². The van der Waals surface area contributed by atoms with Crippen molar-refractivity contribution in [2.24, 2.45) is 5.92 Å². The second kappa shape index (κ2) is 7.63. The second-order valence-electron chi connectivity index (χ2n) is 4.36. The Bertz CT molecular complexity index is 198. The molecule has 2 N–H and O–H groups in total. The van der Waals surface area contributed by atoms with Gasteiger partial charge in [-0.15, -0.1) is 0 Å². The molecule has 1 amide bonds. The first-order valence-corrected chi connectivity index (χ1v) is 6.48. The fraction of sp³-hybridized carbons (Fsp3) is 0.917. The number of rotatable bonds is 7. The Kier molecular flexibility index (Phi) is 6.42. The molecule has 0 bridgehead atoms. The molecule has 1 atom stereocenters. The van der Waals surface area contributed by atoms with Crippen LogP contribution in [0.5, 0.6) is 0 Å². The van der Waals surface area contributed by atoms with Gasteiger partial charge in [-0.3, -0.25) is 4.79 Å². The molecule has 1 fully saturated rings. The van der Waals surface area contributed by atoms with Crippen molar-refractivity contribution in [1.29, 1.82) is 0 Å². The third-order valence-electron chi connectivity index (χ3n) is 3.28. The van der Waals surface area contributed by atoms with Crippen molar-refractivity contribution in [3.8, 4) is 0 Å². The van der Waals surface area contributed by atoms with Crippen LogP contribution in [0.3, 0.4) is 0 Å². The van der Waals surface area contributed by atoms with E-state index in [1.165, 1.54) is 0 Å². The highest BCUT2D eigenvalue weighted by atomic mass is 16.1. The lowest BCUT2D eigenvalue weighted by Crippen LogP contribution is -2.34. The molecule has 1 unspecified atom stereocenters. The Morgan fingerprint density at radius 2 is 2.19 bits per heavy atom. The van der Waals surface area contributed by atoms with E-state index in [0.29, 0.717) is 0 Å². The van der Waals surface area contributed by atoms with Crippen LogP contribution in [0, 0.1) is 5.92 Å². The molecule has 0 aromatic rings. The predicted octanol–water partition coefficient (Wildman–Crippen LogP) is 0.444. The van der Waals surface area contributed by atoms with Crippen molar-refractivity contribution < 1.29 is 4.79 Å². The summed E-state index contributed by atoms with van der Waals surface area (Å²) < 4.78 is 0. The Labute approximate surface area is 98.8 Å². The summed E-state index contributed by atoms with van der Waals surface area (Å²) in [7, 11) is 0. The monoisotopic (exact) mass is 227 g/mol. The molecule has 1 rings (SSSR count). The highest BCUT2D eigenvalue weighted by Crippen LogP contribution is 2.06. The largest absolute Gasteiger partial charge is 0.356 e. The van der Waals surface area contributed by atoms with Gasteiger partial charge in [-0.2, -0.15) is 0 Å². The SMILES string of the molecule is CCN(CC)CCCNC(=O)C1CCNC1. The van der Waals surface area contributed by atoms with Crippen molar-refractivity contribution in [2.75, 3.05) is 39.3 Å². The van der Waals surface area contributed by atoms with Gasteiger partial charge in [0.2, 0.25) is 5.91 Å². The maximum absolute atomic E-state index is 11.7. The lowest BCUT2D eigenvalue weighted by Gasteiger charge is -2.18. The predicted molar refractivity (Wildman–Crippen MR) is 66.4 cm³/mol. The number of hydrogen-bond donors (Lipinski definition) is 2. The summed E-state index contributed by atoms with van der Waals surface area (Å²) >= 11 is 0. The Hall–Kier alpha value is -0.610. The van der Waals surface area contributed by atoms with Crippen LogP contribution in [0.4, 0.5) is 0 Å². The average molecular weight is 227 g/mol. The van der Waals surface area contributed by atoms with Crippen LogP contribution in [0.25, 0.3) is 0 Å². The zero-order valence-electron chi connectivity index (χ0n) is 10.6. The number of nitrogens with zero attached hydrogens (tertiary/aromatic N) is 1. The zero-order chi connectivity index (χ0) is 11.8. The van der Waals surface area contributed by atoms with Gasteiger partial charge in [0.05, 0.1) is 5.92 Å².